The Morgan fingerprint density at radius 1 is 1.16 bits per heavy atom. The third-order valence-electron chi connectivity index (χ3n) is 3.42. The molecule has 8 nitrogen and oxygen atoms in total. The Hall–Kier alpha value is -3.42. The summed E-state index contributed by atoms with van der Waals surface area (Å²) in [4.78, 5) is 24.4. The Bertz CT molecular complexity index is 861. The number of carbonyl (C=O) groups is 1. The maximum atomic E-state index is 12.0. The number of rotatable bonds is 6. The molecule has 1 amide bonds. The molecule has 0 bridgehead atoms. The van der Waals surface area contributed by atoms with Crippen molar-refractivity contribution < 1.29 is 14.3 Å². The zero-order chi connectivity index (χ0) is 17.6. The predicted octanol–water partition coefficient (Wildman–Crippen LogP) is 2.00. The summed E-state index contributed by atoms with van der Waals surface area (Å²) in [6.45, 7) is 1.73. The van der Waals surface area contributed by atoms with Gasteiger partial charge in [0.05, 0.1) is 7.11 Å². The average Bonchev–Trinajstić information content (AvgIpc) is 3.06. The fraction of sp³-hybridized carbons (Fsp3) is 0.176. The van der Waals surface area contributed by atoms with E-state index < -0.39 is 0 Å². The molecule has 3 rings (SSSR count). The summed E-state index contributed by atoms with van der Waals surface area (Å²) in [6.07, 6.45) is 4.85. The maximum Gasteiger partial charge on any atom is 0.263 e. The number of nitrogens with one attached hydrogen (secondary N) is 1. The van der Waals surface area contributed by atoms with E-state index in [-0.39, 0.29) is 12.5 Å². The first-order valence-corrected chi connectivity index (χ1v) is 7.55. The number of nitrogens with zero attached hydrogens (tertiary/aromatic N) is 4. The number of aryl methyl sites for hydroxylation is 1. The van der Waals surface area contributed by atoms with Crippen LogP contribution in [-0.2, 0) is 4.79 Å². The van der Waals surface area contributed by atoms with Crippen LogP contribution in [0.25, 0.3) is 5.82 Å². The molecule has 8 heteroatoms. The van der Waals surface area contributed by atoms with Crippen LogP contribution in [0.3, 0.4) is 0 Å². The second-order valence-electron chi connectivity index (χ2n) is 5.12. The summed E-state index contributed by atoms with van der Waals surface area (Å²) in [6, 6.07) is 8.65. The van der Waals surface area contributed by atoms with Gasteiger partial charge in [-0.2, -0.15) is 0 Å². The Morgan fingerprint density at radius 3 is 2.60 bits per heavy atom. The molecular formula is C17H17N5O3. The van der Waals surface area contributed by atoms with E-state index in [4.69, 9.17) is 9.47 Å². The number of ether oxygens (including phenoxy) is 2. The Balaban J connectivity index is 1.60. The first-order chi connectivity index (χ1) is 12.2. The molecule has 0 aliphatic heterocycles. The van der Waals surface area contributed by atoms with E-state index in [1.807, 2.05) is 6.92 Å². The molecule has 0 aliphatic carbocycles. The fourth-order valence-electron chi connectivity index (χ4n) is 2.17. The largest absolute Gasteiger partial charge is 0.497 e. The molecule has 0 saturated heterocycles. The standard InChI is InChI=1S/C17H17N5O3/c1-12-18-7-8-22(12)16-9-15(19-11-20-16)21-17(23)10-25-14-5-3-13(24-2)4-6-14/h3-9,11H,10H2,1-2H3,(H,19,20,21,23). The quantitative estimate of drug-likeness (QED) is 0.738. The van der Waals surface area contributed by atoms with E-state index >= 15 is 0 Å². The molecule has 0 fully saturated rings. The number of methoxy groups -OCH3 is 1. The highest BCUT2D eigenvalue weighted by Crippen LogP contribution is 2.17. The van der Waals surface area contributed by atoms with Crippen molar-refractivity contribution in [2.75, 3.05) is 19.0 Å². The number of aromatic nitrogens is 4. The van der Waals surface area contributed by atoms with Gasteiger partial charge in [-0.3, -0.25) is 9.36 Å². The van der Waals surface area contributed by atoms with Gasteiger partial charge in [0.25, 0.3) is 5.91 Å². The monoisotopic (exact) mass is 339 g/mol. The van der Waals surface area contributed by atoms with Gasteiger partial charge in [-0.15, -0.1) is 0 Å². The highest BCUT2D eigenvalue weighted by molar-refractivity contribution is 5.91. The molecular weight excluding hydrogens is 322 g/mol. The number of hydrogen-bond donors (Lipinski definition) is 1. The summed E-state index contributed by atoms with van der Waals surface area (Å²) in [5.74, 6) is 2.79. The van der Waals surface area contributed by atoms with Crippen molar-refractivity contribution in [2.24, 2.45) is 0 Å². The van der Waals surface area contributed by atoms with Gasteiger partial charge in [-0.25, -0.2) is 15.0 Å². The maximum absolute atomic E-state index is 12.0. The SMILES string of the molecule is COc1ccc(OCC(=O)Nc2cc(-n3ccnc3C)ncn2)cc1. The number of anilines is 1. The lowest BCUT2D eigenvalue weighted by atomic mass is 10.3. The fourth-order valence-corrected chi connectivity index (χ4v) is 2.17. The number of amides is 1. The molecule has 0 aliphatic rings. The number of imidazole rings is 1. The van der Waals surface area contributed by atoms with Crippen molar-refractivity contribution in [1.29, 1.82) is 0 Å². The van der Waals surface area contributed by atoms with E-state index in [9.17, 15) is 4.79 Å². The lowest BCUT2D eigenvalue weighted by molar-refractivity contribution is -0.118. The number of hydrogen-bond acceptors (Lipinski definition) is 6. The van der Waals surface area contributed by atoms with E-state index in [2.05, 4.69) is 20.3 Å². The topological polar surface area (TPSA) is 91.2 Å². The molecule has 0 unspecified atom stereocenters. The van der Waals surface area contributed by atoms with Crippen molar-refractivity contribution in [3.8, 4) is 17.3 Å². The smallest absolute Gasteiger partial charge is 0.263 e. The highest BCUT2D eigenvalue weighted by Gasteiger charge is 2.08. The normalized spacial score (nSPS) is 10.3. The molecule has 2 heterocycles. The minimum Gasteiger partial charge on any atom is -0.497 e. The predicted molar refractivity (Wildman–Crippen MR) is 91.0 cm³/mol. The average molecular weight is 339 g/mol. The zero-order valence-electron chi connectivity index (χ0n) is 13.8. The van der Waals surface area contributed by atoms with E-state index in [0.717, 1.165) is 11.6 Å². The first-order valence-electron chi connectivity index (χ1n) is 7.55. The molecule has 0 atom stereocenters. The van der Waals surface area contributed by atoms with Gasteiger partial charge < -0.3 is 14.8 Å². The molecule has 1 aromatic carbocycles. The molecule has 1 N–H and O–H groups in total. The highest BCUT2D eigenvalue weighted by atomic mass is 16.5. The minimum absolute atomic E-state index is 0.129. The second kappa shape index (κ2) is 7.43. The number of carbonyl (C=O) groups excluding carboxylic acids is 1. The van der Waals surface area contributed by atoms with Gasteiger partial charge >= 0.3 is 0 Å². The Morgan fingerprint density at radius 2 is 1.92 bits per heavy atom. The van der Waals surface area contributed by atoms with E-state index in [1.54, 1.807) is 54.4 Å². The lowest BCUT2D eigenvalue weighted by Gasteiger charge is -2.09. The summed E-state index contributed by atoms with van der Waals surface area (Å²) < 4.78 is 12.3. The zero-order valence-corrected chi connectivity index (χ0v) is 13.8. The van der Waals surface area contributed by atoms with Gasteiger partial charge in [0.15, 0.2) is 6.61 Å². The molecule has 3 aromatic rings. The van der Waals surface area contributed by atoms with Crippen molar-refractivity contribution in [3.63, 3.8) is 0 Å². The van der Waals surface area contributed by atoms with Crippen LogP contribution >= 0.6 is 0 Å². The number of benzene rings is 1. The van der Waals surface area contributed by atoms with Gasteiger partial charge in [-0.1, -0.05) is 0 Å². The van der Waals surface area contributed by atoms with Crippen molar-refractivity contribution >= 4 is 11.7 Å². The van der Waals surface area contributed by atoms with Gasteiger partial charge in [0.2, 0.25) is 0 Å². The van der Waals surface area contributed by atoms with Crippen molar-refractivity contribution in [3.05, 3.63) is 54.9 Å². The second-order valence-corrected chi connectivity index (χ2v) is 5.12. The first kappa shape index (κ1) is 16.4. The molecule has 0 saturated carbocycles. The van der Waals surface area contributed by atoms with Crippen LogP contribution in [0.5, 0.6) is 11.5 Å². The molecule has 25 heavy (non-hydrogen) atoms. The third-order valence-corrected chi connectivity index (χ3v) is 3.42. The van der Waals surface area contributed by atoms with Gasteiger partial charge in [0.1, 0.15) is 35.3 Å². The van der Waals surface area contributed by atoms with Crippen molar-refractivity contribution in [1.82, 2.24) is 19.5 Å². The van der Waals surface area contributed by atoms with Crippen LogP contribution in [0.1, 0.15) is 5.82 Å². The summed E-state index contributed by atoms with van der Waals surface area (Å²) in [5.41, 5.74) is 0. The van der Waals surface area contributed by atoms with Crippen LogP contribution < -0.4 is 14.8 Å². The van der Waals surface area contributed by atoms with Crippen LogP contribution in [0.15, 0.2) is 49.1 Å². The molecule has 128 valence electrons. The third kappa shape index (κ3) is 4.11. The van der Waals surface area contributed by atoms with Crippen LogP contribution in [-0.4, -0.2) is 39.1 Å². The Labute approximate surface area is 144 Å². The van der Waals surface area contributed by atoms with Crippen LogP contribution in [0, 0.1) is 6.92 Å². The Kier molecular flexibility index (Phi) is 4.89. The summed E-state index contributed by atoms with van der Waals surface area (Å²) in [5, 5.41) is 2.68. The summed E-state index contributed by atoms with van der Waals surface area (Å²) in [7, 11) is 1.59. The van der Waals surface area contributed by atoms with Crippen LogP contribution in [0.4, 0.5) is 5.82 Å². The minimum atomic E-state index is -0.317. The molecule has 0 radical (unpaired) electrons. The van der Waals surface area contributed by atoms with Gasteiger partial charge in [-0.05, 0) is 31.2 Å². The van der Waals surface area contributed by atoms with E-state index in [1.165, 1.54) is 6.33 Å². The van der Waals surface area contributed by atoms with E-state index in [0.29, 0.717) is 17.4 Å². The molecule has 2 aromatic heterocycles. The summed E-state index contributed by atoms with van der Waals surface area (Å²) >= 11 is 0. The molecule has 0 spiro atoms. The van der Waals surface area contributed by atoms with Crippen molar-refractivity contribution in [2.45, 2.75) is 6.92 Å². The lowest BCUT2D eigenvalue weighted by Crippen LogP contribution is -2.21. The van der Waals surface area contributed by atoms with Crippen LogP contribution in [0.2, 0.25) is 0 Å². The van der Waals surface area contributed by atoms with Gasteiger partial charge in [0, 0.05) is 18.5 Å².